The van der Waals surface area contributed by atoms with Crippen LogP contribution in [0.4, 0.5) is 0 Å². The van der Waals surface area contributed by atoms with Crippen molar-refractivity contribution in [1.29, 1.82) is 0 Å². The van der Waals surface area contributed by atoms with Gasteiger partial charge in [-0.2, -0.15) is 0 Å². The molecule has 4 aliphatic carbocycles. The maximum absolute atomic E-state index is 14.8. The minimum absolute atomic E-state index is 0.0126. The third kappa shape index (κ3) is 21.9. The smallest absolute Gasteiger partial charge is 0.329 e. The maximum atomic E-state index is 14.8. The molecule has 2 N–H and O–H groups in total. The molecule has 0 bridgehead atoms. The molecule has 3 heterocycles. The van der Waals surface area contributed by atoms with Gasteiger partial charge in [-0.05, 0) is 159 Å². The van der Waals surface area contributed by atoms with Crippen LogP contribution < -0.4 is 0 Å². The minimum Gasteiger partial charge on any atom is -0.461 e. The van der Waals surface area contributed by atoms with Gasteiger partial charge in [0.25, 0.3) is 11.7 Å². The highest BCUT2D eigenvalue weighted by atomic mass is 16.6. The van der Waals surface area contributed by atoms with E-state index in [1.54, 1.807) is 39.8 Å². The second-order valence-electron chi connectivity index (χ2n) is 31.9. The number of hydrogen-bond donors (Lipinski definition) is 2. The Morgan fingerprint density at radius 2 is 1.47 bits per heavy atom. The Labute approximate surface area is 637 Å². The molecule has 3 unspecified atom stereocenters. The molecule has 0 aromatic carbocycles. The Kier molecular flexibility index (Phi) is 33.1. The molecule has 602 valence electrons. The molecule has 20 atom stereocenters. The Balaban J connectivity index is 0.992. The zero-order chi connectivity index (χ0) is 79.6. The van der Waals surface area contributed by atoms with E-state index < -0.39 is 167 Å². The summed E-state index contributed by atoms with van der Waals surface area (Å²) < 4.78 is 59.2. The quantitative estimate of drug-likeness (QED) is 0.0451. The highest BCUT2D eigenvalue weighted by molar-refractivity contribution is 6.47. The minimum atomic E-state index is -2.13. The molecular weight excluding hydrogens is 1390 g/mol. The molecule has 1 saturated carbocycles. The van der Waals surface area contributed by atoms with E-state index in [-0.39, 0.29) is 113 Å². The lowest BCUT2D eigenvalue weighted by atomic mass is 9.50. The normalized spacial score (nSPS) is 33.6. The van der Waals surface area contributed by atoms with Crippen LogP contribution in [0.2, 0.25) is 0 Å². The fraction of sp³-hybridized carbons (Fsp3) is 0.720. The molecule has 0 radical (unpaired) electrons. The van der Waals surface area contributed by atoms with Gasteiger partial charge in [0, 0.05) is 115 Å². The van der Waals surface area contributed by atoms with Gasteiger partial charge < -0.3 is 72.3 Å². The molecule has 108 heavy (non-hydrogen) atoms. The molecule has 26 nitrogen and oxygen atoms in total. The number of unbranched alkanes of at least 4 members (excludes halogenated alkanes) is 1. The number of ketones is 5. The highest BCUT2D eigenvalue weighted by Gasteiger charge is 2.68. The van der Waals surface area contributed by atoms with Gasteiger partial charge in [0.2, 0.25) is 17.9 Å². The molecule has 1 amide bonds. The van der Waals surface area contributed by atoms with Gasteiger partial charge in [0.1, 0.15) is 42.7 Å². The highest BCUT2D eigenvalue weighted by Crippen LogP contribution is 2.62. The van der Waals surface area contributed by atoms with E-state index in [0.717, 1.165) is 23.4 Å². The first-order valence-corrected chi connectivity index (χ1v) is 38.7. The van der Waals surface area contributed by atoms with Gasteiger partial charge >= 0.3 is 29.8 Å². The van der Waals surface area contributed by atoms with Crippen molar-refractivity contribution in [3.63, 3.8) is 0 Å². The van der Waals surface area contributed by atoms with Crippen LogP contribution >= 0.6 is 0 Å². The van der Waals surface area contributed by atoms with Crippen molar-refractivity contribution in [3.05, 3.63) is 70.4 Å². The summed E-state index contributed by atoms with van der Waals surface area (Å²) in [4.78, 5) is 160. The summed E-state index contributed by atoms with van der Waals surface area (Å²) in [6.07, 6.45) is 7.26. The third-order valence-electron chi connectivity index (χ3n) is 23.4. The number of fused-ring (bicyclic) bond motifs is 5. The number of piperidine rings is 1. The first-order chi connectivity index (χ1) is 51.1. The lowest BCUT2D eigenvalue weighted by Gasteiger charge is -2.56. The number of nitrogens with zero attached hydrogens (tertiary/aromatic N) is 3. The summed E-state index contributed by atoms with van der Waals surface area (Å²) in [5, 5.41) is 22.6. The summed E-state index contributed by atoms with van der Waals surface area (Å²) in [5.74, 6) is -11.8. The van der Waals surface area contributed by atoms with Crippen molar-refractivity contribution < 1.29 is 110 Å². The van der Waals surface area contributed by atoms with E-state index in [1.807, 2.05) is 89.0 Å². The van der Waals surface area contributed by atoms with Crippen molar-refractivity contribution in [2.24, 2.45) is 52.3 Å². The first kappa shape index (κ1) is 88.5. The summed E-state index contributed by atoms with van der Waals surface area (Å²) in [6.45, 7) is 16.9. The Morgan fingerprint density at radius 1 is 0.769 bits per heavy atom. The van der Waals surface area contributed by atoms with Gasteiger partial charge in [-0.15, -0.1) is 0 Å². The standard InChI is InChI=1S/C82H121N3O23/c1-47-25-18-17-19-26-48(2)59(100-14)34-38-103-80(98)75(94)77(95)85-37-23-22-27-57(85)79(97)106-61(43-58(87)49(3)40-52(6)72(91)76(102-16)71(90)51(5)39-47)50(4)41-54-30-32-60(62(42-54)101-15)105-66(88)28-20-21-29-67(89)107-64-33-31-56-68-70(63(104-53(7)86)44-81(56,64)8)82(9)65(46-99-13)108-78(96)55(69(82)74(93)73(68)92)45-84(12)36-24-35-83(10)11/h17-19,25-26,31,40,47,50-52,54-55,57,59-65,69,72,76,80,91,98H,20-24,27-30,32-39,41-46H2,1-16H3/t47-,50-,51-,52?,54+,55?,57+,59+,60-,61+,62-,63-,64+,65-,69?,72-,76+,80-,81+,82+/m1/s1. The van der Waals surface area contributed by atoms with Crippen LogP contribution in [0.15, 0.2) is 70.4 Å². The number of hydrogen-bond acceptors (Lipinski definition) is 25. The Morgan fingerprint density at radius 3 is 2.13 bits per heavy atom. The van der Waals surface area contributed by atoms with Crippen molar-refractivity contribution >= 4 is 64.7 Å². The second kappa shape index (κ2) is 40.4. The predicted octanol–water partition coefficient (Wildman–Crippen LogP) is 7.85. The molecule has 2 saturated heterocycles. The summed E-state index contributed by atoms with van der Waals surface area (Å²) in [5.41, 5.74) is -0.406. The van der Waals surface area contributed by atoms with Crippen molar-refractivity contribution in [2.45, 2.75) is 239 Å². The van der Waals surface area contributed by atoms with Crippen LogP contribution in [0, 0.1) is 52.3 Å². The van der Waals surface area contributed by atoms with E-state index >= 15 is 0 Å². The van der Waals surface area contributed by atoms with Crippen LogP contribution in [0.25, 0.3) is 0 Å². The molecule has 0 spiro atoms. The van der Waals surface area contributed by atoms with Gasteiger partial charge in [0.05, 0.1) is 43.4 Å². The van der Waals surface area contributed by atoms with Crippen LogP contribution in [0.5, 0.6) is 0 Å². The molecule has 0 aromatic heterocycles. The van der Waals surface area contributed by atoms with E-state index in [1.165, 1.54) is 35.4 Å². The monoisotopic (exact) mass is 1520 g/mol. The van der Waals surface area contributed by atoms with E-state index in [2.05, 4.69) is 0 Å². The first-order valence-electron chi connectivity index (χ1n) is 38.7. The number of allylic oxidation sites excluding steroid dienone is 7. The fourth-order valence-corrected chi connectivity index (χ4v) is 17.3. The van der Waals surface area contributed by atoms with Gasteiger partial charge in [-0.1, -0.05) is 84.1 Å². The van der Waals surface area contributed by atoms with Gasteiger partial charge in [0.15, 0.2) is 11.6 Å². The number of aliphatic hydroxyl groups is 2. The lowest BCUT2D eigenvalue weighted by Crippen LogP contribution is -2.65. The summed E-state index contributed by atoms with van der Waals surface area (Å²) >= 11 is 0. The molecule has 3 aliphatic heterocycles. The topological polar surface area (TPSA) is 330 Å². The van der Waals surface area contributed by atoms with Crippen LogP contribution in [0.1, 0.15) is 171 Å². The molecule has 0 aromatic rings. The number of amides is 1. The van der Waals surface area contributed by atoms with E-state index in [0.29, 0.717) is 62.6 Å². The molecule has 26 heteroatoms. The number of aliphatic hydroxyl groups excluding tert-OH is 2. The lowest BCUT2D eigenvalue weighted by molar-refractivity contribution is -0.194. The predicted molar refractivity (Wildman–Crippen MR) is 397 cm³/mol. The van der Waals surface area contributed by atoms with Crippen LogP contribution in [-0.4, -0.2) is 246 Å². The number of ether oxygens (including phenoxy) is 10. The van der Waals surface area contributed by atoms with Crippen molar-refractivity contribution in [2.75, 3.05) is 89.0 Å². The van der Waals surface area contributed by atoms with Crippen molar-refractivity contribution in [3.8, 4) is 0 Å². The Bertz CT molecular complexity index is 3420. The SMILES string of the molecule is COC[C@H]1OC(=O)C(CN(C)CCCN(C)C)C2C(=O)C(=O)C3=C([C@H](OC(C)=O)C[C@@]4(C)C3=CC[C@@H]4OC(=O)CCCCC(=O)O[C@@H]3CC[C@@H](C[C@@H](C)[C@@H]4CC(=O)C(C)=CC(C)[C@@H](O)[C@@H](OC)C(=O)[C@H](C)C[C@H](C)C=CC=CC=C(C)[C@@H](OC)CCO[C@@H](O)C(=O)C(=O)N5CCCC[C@H]5C(=O)O4)C[C@H]3OC)[C@]21C. The summed E-state index contributed by atoms with van der Waals surface area (Å²) in [7, 11) is 11.6. The number of methoxy groups -OCH3 is 4. The molecular formula is C82H121N3O23. The Hall–Kier alpha value is -6.75. The van der Waals surface area contributed by atoms with E-state index in [4.69, 9.17) is 47.4 Å². The molecule has 3 fully saturated rings. The fourth-order valence-electron chi connectivity index (χ4n) is 17.3. The van der Waals surface area contributed by atoms with Gasteiger partial charge in [-0.3, -0.25) is 47.9 Å². The average molecular weight is 1520 g/mol. The average Bonchev–Trinajstić information content (AvgIpc) is 1.19. The second-order valence-corrected chi connectivity index (χ2v) is 31.9. The number of carbonyl (C=O) groups excluding carboxylic acids is 11. The zero-order valence-electron chi connectivity index (χ0n) is 66.5. The number of carbonyl (C=O) groups is 11. The van der Waals surface area contributed by atoms with Crippen LogP contribution in [-0.2, 0) is 100 Å². The maximum Gasteiger partial charge on any atom is 0.329 e. The van der Waals surface area contributed by atoms with Crippen LogP contribution in [0.3, 0.4) is 0 Å². The largest absolute Gasteiger partial charge is 0.461 e. The zero-order valence-corrected chi connectivity index (χ0v) is 66.5. The number of cyclic esters (lactones) is 2. The molecule has 7 rings (SSSR count). The number of Topliss-reactive ketones (excluding diaryl/α,β-unsaturated/α-hetero) is 5. The number of rotatable bonds is 22. The van der Waals surface area contributed by atoms with Crippen molar-refractivity contribution in [1.82, 2.24) is 14.7 Å². The van der Waals surface area contributed by atoms with E-state index in [9.17, 15) is 63.0 Å². The summed E-state index contributed by atoms with van der Waals surface area (Å²) in [6, 6.07) is -1.23. The number of esters is 5. The molecule has 7 aliphatic rings. The third-order valence-corrected chi connectivity index (χ3v) is 23.4. The van der Waals surface area contributed by atoms with Gasteiger partial charge in [-0.25, -0.2) is 4.79 Å².